The van der Waals surface area contributed by atoms with Crippen molar-refractivity contribution in [1.82, 2.24) is 18.4 Å². The second-order valence-corrected chi connectivity index (χ2v) is 21.2. The minimum Gasteiger partial charge on any atom is -0.309 e. The van der Waals surface area contributed by atoms with E-state index in [1.54, 1.807) is 0 Å². The van der Waals surface area contributed by atoms with Gasteiger partial charge in [-0.25, -0.2) is 4.98 Å². The Morgan fingerprint density at radius 3 is 1.67 bits per heavy atom. The van der Waals surface area contributed by atoms with Crippen LogP contribution in [0.3, 0.4) is 0 Å². The molecule has 0 saturated carbocycles. The zero-order valence-electron chi connectivity index (χ0n) is 38.5. The third-order valence-corrected chi connectivity index (χ3v) is 15.4. The summed E-state index contributed by atoms with van der Waals surface area (Å²) in [5, 5.41) is 17.8. The van der Waals surface area contributed by atoms with Crippen LogP contribution in [0.2, 0.25) is 0 Å². The highest BCUT2D eigenvalue weighted by Gasteiger charge is 2.30. The Morgan fingerprint density at radius 2 is 0.940 bits per heavy atom. The van der Waals surface area contributed by atoms with Crippen molar-refractivity contribution in [3.05, 3.63) is 181 Å². The molecule has 0 fully saturated rings. The summed E-state index contributed by atoms with van der Waals surface area (Å²) in [6.07, 6.45) is 2.19. The van der Waals surface area contributed by atoms with Gasteiger partial charge in [-0.05, 0) is 116 Å². The molecule has 0 aliphatic rings. The molecule has 0 amide bonds. The third-order valence-electron chi connectivity index (χ3n) is 15.4. The fourth-order valence-electron chi connectivity index (χ4n) is 12.2. The van der Waals surface area contributed by atoms with E-state index in [4.69, 9.17) is 4.98 Å². The molecule has 15 aromatic rings. The SMILES string of the molecule is CC(C)(C)c1ccc2c(c1)c1cc3ccccc3c3c4c5c6c7ccccc7cc7c8cc(C(C)(C)C)cc(-c9ccc%10c(c9)c9ccccc9n%10-c9ccccc9)c8n(c5cnc4n2c13)c76. The molecule has 6 heterocycles. The van der Waals surface area contributed by atoms with Crippen LogP contribution in [0.1, 0.15) is 52.7 Å². The number of hydrogen-bond donors (Lipinski definition) is 0. The lowest BCUT2D eigenvalue weighted by Crippen LogP contribution is -2.11. The van der Waals surface area contributed by atoms with E-state index in [2.05, 4.69) is 225 Å². The summed E-state index contributed by atoms with van der Waals surface area (Å²) in [7, 11) is 0. The van der Waals surface area contributed by atoms with Gasteiger partial charge in [-0.2, -0.15) is 0 Å². The highest BCUT2D eigenvalue weighted by atomic mass is 15.0. The number of rotatable bonds is 2. The molecule has 4 heteroatoms. The van der Waals surface area contributed by atoms with Crippen molar-refractivity contribution < 1.29 is 0 Å². The van der Waals surface area contributed by atoms with Gasteiger partial charge in [0, 0.05) is 65.1 Å². The molecule has 0 aliphatic carbocycles. The molecule has 318 valence electrons. The van der Waals surface area contributed by atoms with Crippen LogP contribution in [0.4, 0.5) is 0 Å². The molecule has 0 atom stereocenters. The highest BCUT2D eigenvalue weighted by Crippen LogP contribution is 2.52. The van der Waals surface area contributed by atoms with Gasteiger partial charge < -0.3 is 8.97 Å². The molecule has 0 spiro atoms. The van der Waals surface area contributed by atoms with Crippen LogP contribution in [0, 0.1) is 0 Å². The number of nitrogens with zero attached hydrogens (tertiary/aromatic N) is 4. The third kappa shape index (κ3) is 4.74. The average Bonchev–Trinajstić information content (AvgIpc) is 4.13. The smallest absolute Gasteiger partial charge is 0.146 e. The molecule has 0 N–H and O–H groups in total. The summed E-state index contributed by atoms with van der Waals surface area (Å²) in [5.74, 6) is 0. The molecule has 0 unspecified atom stereocenters. The van der Waals surface area contributed by atoms with Crippen LogP contribution >= 0.6 is 0 Å². The van der Waals surface area contributed by atoms with Crippen LogP contribution < -0.4 is 0 Å². The standard InChI is InChI=1S/C63H46N4/c1-62(2,3)38-25-27-52-46(31-38)47-29-35-16-11-13-21-42(35)55-57-56-53(34-64-61(57)67(52)60(47)55)66-58-44(32-39(63(4,5)6)33-49(58)48-30-36-17-10-12-20-41(36)54(56)59(48)66)37-24-26-51-45(28-37)43-22-14-15-23-50(43)65(51)40-18-8-7-9-19-40/h7-34H,1-6H3. The first kappa shape index (κ1) is 37.3. The second-order valence-electron chi connectivity index (χ2n) is 21.2. The minimum absolute atomic E-state index is 0.0265. The molecule has 0 saturated heterocycles. The molecule has 4 nitrogen and oxygen atoms in total. The molecule has 15 rings (SSSR count). The molecular weight excluding hydrogens is 813 g/mol. The maximum Gasteiger partial charge on any atom is 0.146 e. The monoisotopic (exact) mass is 858 g/mol. The maximum absolute atomic E-state index is 5.61. The van der Waals surface area contributed by atoms with Crippen LogP contribution in [-0.4, -0.2) is 18.4 Å². The van der Waals surface area contributed by atoms with E-state index < -0.39 is 0 Å². The van der Waals surface area contributed by atoms with Gasteiger partial charge in [0.1, 0.15) is 5.65 Å². The van der Waals surface area contributed by atoms with Gasteiger partial charge >= 0.3 is 0 Å². The van der Waals surface area contributed by atoms with E-state index in [9.17, 15) is 0 Å². The van der Waals surface area contributed by atoms with Crippen molar-refractivity contribution in [2.75, 3.05) is 0 Å². The number of benzene rings is 9. The maximum atomic E-state index is 5.61. The average molecular weight is 859 g/mol. The zero-order valence-corrected chi connectivity index (χ0v) is 38.5. The highest BCUT2D eigenvalue weighted by molar-refractivity contribution is 6.42. The first-order chi connectivity index (χ1) is 32.5. The van der Waals surface area contributed by atoms with Gasteiger partial charge in [0.05, 0.1) is 44.8 Å². The Morgan fingerprint density at radius 1 is 0.373 bits per heavy atom. The number of fused-ring (bicyclic) bond motifs is 20. The Hall–Kier alpha value is -7.95. The fourth-order valence-corrected chi connectivity index (χ4v) is 12.2. The van der Waals surface area contributed by atoms with E-state index >= 15 is 0 Å². The Balaban J connectivity index is 1.15. The van der Waals surface area contributed by atoms with Crippen LogP contribution in [-0.2, 0) is 10.8 Å². The summed E-state index contributed by atoms with van der Waals surface area (Å²) in [6, 6.07) is 61.8. The van der Waals surface area contributed by atoms with Gasteiger partial charge in [-0.1, -0.05) is 139 Å². The van der Waals surface area contributed by atoms with E-state index in [1.807, 2.05) is 0 Å². The number of para-hydroxylation sites is 2. The lowest BCUT2D eigenvalue weighted by molar-refractivity contribution is 0.591. The van der Waals surface area contributed by atoms with E-state index in [0.29, 0.717) is 0 Å². The van der Waals surface area contributed by atoms with Gasteiger partial charge in [0.25, 0.3) is 0 Å². The Bertz CT molecular complexity index is 4620. The summed E-state index contributed by atoms with van der Waals surface area (Å²) < 4.78 is 7.48. The molecule has 67 heavy (non-hydrogen) atoms. The van der Waals surface area contributed by atoms with Crippen molar-refractivity contribution in [2.24, 2.45) is 0 Å². The number of hydrogen-bond acceptors (Lipinski definition) is 1. The van der Waals surface area contributed by atoms with Crippen molar-refractivity contribution in [3.63, 3.8) is 0 Å². The normalized spacial score (nSPS) is 13.2. The molecule has 0 bridgehead atoms. The zero-order chi connectivity index (χ0) is 44.8. The molecular formula is C63H46N4. The molecule has 0 radical (unpaired) electrons. The van der Waals surface area contributed by atoms with Crippen LogP contribution in [0.15, 0.2) is 170 Å². The van der Waals surface area contributed by atoms with Crippen molar-refractivity contribution in [1.29, 1.82) is 0 Å². The van der Waals surface area contributed by atoms with E-state index in [1.165, 1.54) is 136 Å². The first-order valence-electron chi connectivity index (χ1n) is 23.7. The van der Waals surface area contributed by atoms with Gasteiger partial charge in [0.2, 0.25) is 0 Å². The minimum atomic E-state index is -0.0848. The number of pyridine rings is 1. The predicted molar refractivity (Wildman–Crippen MR) is 286 cm³/mol. The topological polar surface area (TPSA) is 26.6 Å². The summed E-state index contributed by atoms with van der Waals surface area (Å²) in [4.78, 5) is 5.61. The quantitative estimate of drug-likeness (QED) is 0.170. The Labute approximate surface area is 386 Å². The summed E-state index contributed by atoms with van der Waals surface area (Å²) >= 11 is 0. The van der Waals surface area contributed by atoms with Crippen LogP contribution in [0.5, 0.6) is 0 Å². The van der Waals surface area contributed by atoms with Crippen molar-refractivity contribution >= 4 is 120 Å². The molecule has 0 aliphatic heterocycles. The lowest BCUT2D eigenvalue weighted by atomic mass is 9.84. The lowest BCUT2D eigenvalue weighted by Gasteiger charge is -2.21. The van der Waals surface area contributed by atoms with Gasteiger partial charge in [0.15, 0.2) is 0 Å². The second kappa shape index (κ2) is 12.5. The van der Waals surface area contributed by atoms with E-state index in [-0.39, 0.29) is 10.8 Å². The van der Waals surface area contributed by atoms with Gasteiger partial charge in [-0.3, -0.25) is 4.40 Å². The van der Waals surface area contributed by atoms with Gasteiger partial charge in [-0.15, -0.1) is 0 Å². The predicted octanol–water partition coefficient (Wildman–Crippen LogP) is 17.0. The summed E-state index contributed by atoms with van der Waals surface area (Å²) in [5.41, 5.74) is 15.7. The fraction of sp³-hybridized carbons (Fsp3) is 0.127. The largest absolute Gasteiger partial charge is 0.309 e. The first-order valence-corrected chi connectivity index (χ1v) is 23.7. The van der Waals surface area contributed by atoms with Crippen molar-refractivity contribution in [3.8, 4) is 16.8 Å². The van der Waals surface area contributed by atoms with Crippen LogP contribution in [0.25, 0.3) is 136 Å². The summed E-state index contributed by atoms with van der Waals surface area (Å²) in [6.45, 7) is 14.0. The van der Waals surface area contributed by atoms with Crippen molar-refractivity contribution in [2.45, 2.75) is 52.4 Å². The molecule has 6 aromatic heterocycles. The van der Waals surface area contributed by atoms with E-state index in [0.717, 1.165) is 11.2 Å². The number of aromatic nitrogens is 4. The molecule has 9 aromatic carbocycles. The Kier molecular flexibility index (Phi) is 6.94.